The van der Waals surface area contributed by atoms with E-state index in [1.807, 2.05) is 19.1 Å². The molecule has 0 saturated heterocycles. The monoisotopic (exact) mass is 435 g/mol. The summed E-state index contributed by atoms with van der Waals surface area (Å²) >= 11 is 0. The largest absolute Gasteiger partial charge is 0.417 e. The van der Waals surface area contributed by atoms with Crippen molar-refractivity contribution >= 4 is 28.0 Å². The van der Waals surface area contributed by atoms with Crippen molar-refractivity contribution in [2.75, 3.05) is 5.32 Å². The van der Waals surface area contributed by atoms with Gasteiger partial charge in [-0.2, -0.15) is 13.2 Å². The molecule has 5 aromatic rings. The molecule has 0 aliphatic rings. The zero-order chi connectivity index (χ0) is 22.3. The molecule has 0 unspecified atom stereocenters. The van der Waals surface area contributed by atoms with E-state index in [0.717, 1.165) is 11.6 Å². The van der Waals surface area contributed by atoms with Crippen molar-refractivity contribution in [1.29, 1.82) is 0 Å². The van der Waals surface area contributed by atoms with Crippen LogP contribution < -0.4 is 5.32 Å². The summed E-state index contributed by atoms with van der Waals surface area (Å²) in [5.41, 5.74) is 2.80. The van der Waals surface area contributed by atoms with Gasteiger partial charge in [-0.3, -0.25) is 0 Å². The number of alkyl halides is 3. The predicted molar refractivity (Wildman–Crippen MR) is 114 cm³/mol. The van der Waals surface area contributed by atoms with E-state index >= 15 is 0 Å². The van der Waals surface area contributed by atoms with Gasteiger partial charge in [0.2, 0.25) is 0 Å². The van der Waals surface area contributed by atoms with Gasteiger partial charge in [-0.25, -0.2) is 24.9 Å². The lowest BCUT2D eigenvalue weighted by molar-refractivity contribution is -0.137. The molecule has 3 heterocycles. The molecule has 5 rings (SSSR count). The van der Waals surface area contributed by atoms with E-state index in [1.165, 1.54) is 24.8 Å². The first kappa shape index (κ1) is 19.9. The van der Waals surface area contributed by atoms with Crippen LogP contribution in [0, 0.1) is 6.92 Å². The topological polar surface area (TPSA) is 92.3 Å². The van der Waals surface area contributed by atoms with E-state index in [9.17, 15) is 13.2 Å². The fourth-order valence-electron chi connectivity index (χ4n) is 3.60. The Bertz CT molecular complexity index is 1440. The van der Waals surface area contributed by atoms with Crippen molar-refractivity contribution in [2.45, 2.75) is 19.6 Å². The average molecular weight is 435 g/mol. The fourth-order valence-corrected chi connectivity index (χ4v) is 3.60. The lowest BCUT2D eigenvalue weighted by Gasteiger charge is -2.16. The number of nitrogens with zero attached hydrogens (tertiary/aromatic N) is 5. The van der Waals surface area contributed by atoms with Crippen molar-refractivity contribution in [3.63, 3.8) is 0 Å². The Kier molecular flexibility index (Phi) is 4.69. The van der Waals surface area contributed by atoms with Gasteiger partial charge in [0.25, 0.3) is 0 Å². The van der Waals surface area contributed by atoms with Gasteiger partial charge in [0.05, 0.1) is 40.9 Å². The van der Waals surface area contributed by atoms with Crippen LogP contribution in [0.5, 0.6) is 0 Å². The number of rotatable bonds is 4. The van der Waals surface area contributed by atoms with Crippen LogP contribution >= 0.6 is 0 Å². The van der Waals surface area contributed by atoms with Crippen molar-refractivity contribution in [1.82, 2.24) is 29.9 Å². The molecule has 160 valence electrons. The van der Waals surface area contributed by atoms with Gasteiger partial charge >= 0.3 is 6.18 Å². The molecule has 0 spiro atoms. The van der Waals surface area contributed by atoms with E-state index in [0.29, 0.717) is 33.7 Å². The highest BCUT2D eigenvalue weighted by molar-refractivity contribution is 5.83. The molecule has 0 radical (unpaired) electrons. The quantitative estimate of drug-likeness (QED) is 0.417. The SMILES string of the molecule is Cc1cccc2nc(CNc3ncnc4nc[nH]c34)c(-c3ccccc3C(F)(F)F)nc12. The molecule has 7 nitrogen and oxygen atoms in total. The third-order valence-electron chi connectivity index (χ3n) is 5.10. The van der Waals surface area contributed by atoms with Crippen LogP contribution in [0.15, 0.2) is 55.1 Å². The summed E-state index contributed by atoms with van der Waals surface area (Å²) in [5.74, 6) is 0.466. The number of fused-ring (bicyclic) bond motifs is 2. The molecule has 3 aromatic heterocycles. The number of aryl methyl sites for hydroxylation is 1. The number of aromatic amines is 1. The lowest BCUT2D eigenvalue weighted by Crippen LogP contribution is -2.11. The van der Waals surface area contributed by atoms with E-state index in [4.69, 9.17) is 0 Å². The minimum atomic E-state index is -4.53. The Hall–Kier alpha value is -4.08. The van der Waals surface area contributed by atoms with Crippen LogP contribution in [0.2, 0.25) is 0 Å². The highest BCUT2D eigenvalue weighted by Crippen LogP contribution is 2.38. The molecule has 32 heavy (non-hydrogen) atoms. The second kappa shape index (κ2) is 7.56. The first-order chi connectivity index (χ1) is 15.4. The average Bonchev–Trinajstić information content (AvgIpc) is 3.26. The van der Waals surface area contributed by atoms with Gasteiger partial charge in [-0.05, 0) is 24.6 Å². The smallest absolute Gasteiger partial charge is 0.362 e. The zero-order valence-corrected chi connectivity index (χ0v) is 16.8. The van der Waals surface area contributed by atoms with Gasteiger partial charge in [-0.1, -0.05) is 30.3 Å². The molecule has 2 N–H and O–H groups in total. The standard InChI is InChI=1S/C22H16F3N7/c1-12-5-4-8-15-17(12)32-18(13-6-2-3-7-14(13)22(23,24)25)16(31-15)9-26-20-19-21(28-10-27-19)30-11-29-20/h2-8,10-11H,9H2,1H3,(H2,26,27,28,29,30). The molecule has 0 aliphatic carbocycles. The predicted octanol–water partition coefficient (Wildman–Crippen LogP) is 4.90. The number of hydrogen-bond donors (Lipinski definition) is 2. The number of anilines is 1. The maximum atomic E-state index is 13.8. The maximum absolute atomic E-state index is 13.8. The van der Waals surface area contributed by atoms with E-state index < -0.39 is 11.7 Å². The molecule has 2 aromatic carbocycles. The summed E-state index contributed by atoms with van der Waals surface area (Å²) < 4.78 is 41.3. The van der Waals surface area contributed by atoms with Crippen molar-refractivity contribution in [3.8, 4) is 11.3 Å². The fraction of sp³-hybridized carbons (Fsp3) is 0.136. The number of benzene rings is 2. The van der Waals surface area contributed by atoms with Gasteiger partial charge in [0, 0.05) is 5.56 Å². The maximum Gasteiger partial charge on any atom is 0.417 e. The summed E-state index contributed by atoms with van der Waals surface area (Å²) in [6.07, 6.45) is -1.67. The van der Waals surface area contributed by atoms with E-state index in [-0.39, 0.29) is 17.8 Å². The van der Waals surface area contributed by atoms with Crippen LogP contribution in [0.25, 0.3) is 33.5 Å². The third kappa shape index (κ3) is 3.49. The molecule has 0 amide bonds. The van der Waals surface area contributed by atoms with Crippen molar-refractivity contribution in [3.05, 3.63) is 71.9 Å². The molecule has 0 aliphatic heterocycles. The molecular formula is C22H16F3N7. The molecule has 0 bridgehead atoms. The Labute approximate surface area is 179 Å². The highest BCUT2D eigenvalue weighted by Gasteiger charge is 2.34. The number of nitrogens with one attached hydrogen (secondary N) is 2. The van der Waals surface area contributed by atoms with Crippen molar-refractivity contribution in [2.24, 2.45) is 0 Å². The first-order valence-electron chi connectivity index (χ1n) is 9.72. The Morgan fingerprint density at radius 1 is 0.969 bits per heavy atom. The Balaban J connectivity index is 1.66. The summed E-state index contributed by atoms with van der Waals surface area (Å²) in [6, 6.07) is 10.9. The summed E-state index contributed by atoms with van der Waals surface area (Å²) in [5, 5.41) is 3.13. The minimum Gasteiger partial charge on any atom is -0.362 e. The zero-order valence-electron chi connectivity index (χ0n) is 16.8. The number of aromatic nitrogens is 6. The van der Waals surface area contributed by atoms with Crippen LogP contribution in [0.1, 0.15) is 16.8 Å². The second-order valence-corrected chi connectivity index (χ2v) is 7.18. The van der Waals surface area contributed by atoms with Gasteiger partial charge in [0.15, 0.2) is 11.5 Å². The molecule has 0 fully saturated rings. The molecule has 0 saturated carbocycles. The Morgan fingerprint density at radius 2 is 1.81 bits per heavy atom. The number of para-hydroxylation sites is 1. The number of hydrogen-bond acceptors (Lipinski definition) is 6. The summed E-state index contributed by atoms with van der Waals surface area (Å²) in [6.45, 7) is 1.95. The summed E-state index contributed by atoms with van der Waals surface area (Å²) in [7, 11) is 0. The lowest BCUT2D eigenvalue weighted by atomic mass is 10.0. The first-order valence-corrected chi connectivity index (χ1v) is 9.72. The summed E-state index contributed by atoms with van der Waals surface area (Å²) in [4.78, 5) is 24.6. The molecule has 10 heteroatoms. The van der Waals surface area contributed by atoms with E-state index in [2.05, 4.69) is 35.2 Å². The highest BCUT2D eigenvalue weighted by atomic mass is 19.4. The van der Waals surface area contributed by atoms with E-state index in [1.54, 1.807) is 12.1 Å². The van der Waals surface area contributed by atoms with Crippen LogP contribution in [-0.2, 0) is 12.7 Å². The van der Waals surface area contributed by atoms with Gasteiger partial charge in [0.1, 0.15) is 11.8 Å². The Morgan fingerprint density at radius 3 is 2.66 bits per heavy atom. The van der Waals surface area contributed by atoms with Gasteiger partial charge < -0.3 is 10.3 Å². The number of imidazole rings is 1. The van der Waals surface area contributed by atoms with Crippen LogP contribution in [0.3, 0.4) is 0 Å². The number of halogens is 3. The van der Waals surface area contributed by atoms with Crippen LogP contribution in [-0.4, -0.2) is 29.9 Å². The second-order valence-electron chi connectivity index (χ2n) is 7.18. The van der Waals surface area contributed by atoms with Crippen molar-refractivity contribution < 1.29 is 13.2 Å². The molecular weight excluding hydrogens is 419 g/mol. The third-order valence-corrected chi connectivity index (χ3v) is 5.10. The molecule has 0 atom stereocenters. The normalized spacial score (nSPS) is 11.9. The van der Waals surface area contributed by atoms with Gasteiger partial charge in [-0.15, -0.1) is 0 Å². The minimum absolute atomic E-state index is 0.0242. The van der Waals surface area contributed by atoms with Crippen LogP contribution in [0.4, 0.5) is 19.0 Å². The number of H-pyrrole nitrogens is 1.